The highest BCUT2D eigenvalue weighted by molar-refractivity contribution is 5.94. The Bertz CT molecular complexity index is 820. The average Bonchev–Trinajstić information content (AvgIpc) is 2.74. The number of nitrogens with zero attached hydrogens (tertiary/aromatic N) is 2. The van der Waals surface area contributed by atoms with Gasteiger partial charge in [-0.25, -0.2) is 0 Å². The summed E-state index contributed by atoms with van der Waals surface area (Å²) in [5, 5.41) is 0. The van der Waals surface area contributed by atoms with Gasteiger partial charge < -0.3 is 4.90 Å². The van der Waals surface area contributed by atoms with E-state index in [2.05, 4.69) is 34.2 Å². The molecular weight excluding hydrogens is 344 g/mol. The van der Waals surface area contributed by atoms with E-state index in [4.69, 9.17) is 0 Å². The zero-order valence-corrected chi connectivity index (χ0v) is 16.9. The minimum Gasteiger partial charge on any atom is -0.371 e. The molecule has 0 bridgehead atoms. The number of hydrogen-bond acceptors (Lipinski definition) is 3. The molecule has 1 saturated heterocycles. The lowest BCUT2D eigenvalue weighted by Gasteiger charge is -2.45. The van der Waals surface area contributed by atoms with Gasteiger partial charge in [-0.3, -0.25) is 9.79 Å². The predicted molar refractivity (Wildman–Crippen MR) is 117 cm³/mol. The molecule has 146 valence electrons. The Morgan fingerprint density at radius 3 is 2.14 bits per heavy atom. The number of hydrogen-bond donors (Lipinski definition) is 0. The molecule has 0 amide bonds. The number of benzene rings is 2. The van der Waals surface area contributed by atoms with Crippen molar-refractivity contribution in [1.82, 2.24) is 0 Å². The molecule has 4 rings (SSSR count). The van der Waals surface area contributed by atoms with Crippen LogP contribution in [0.25, 0.3) is 0 Å². The molecule has 1 saturated carbocycles. The quantitative estimate of drug-likeness (QED) is 0.472. The van der Waals surface area contributed by atoms with E-state index in [1.54, 1.807) is 6.92 Å². The third-order valence-electron chi connectivity index (χ3n) is 6.63. The molecule has 3 nitrogen and oxygen atoms in total. The second-order valence-electron chi connectivity index (χ2n) is 8.50. The van der Waals surface area contributed by atoms with Gasteiger partial charge in [-0.15, -0.1) is 0 Å². The number of carbonyl (C=O) groups excluding carboxylic acids is 1. The van der Waals surface area contributed by atoms with Crippen molar-refractivity contribution in [1.29, 1.82) is 0 Å². The van der Waals surface area contributed by atoms with E-state index < -0.39 is 0 Å². The molecule has 0 N–H and O–H groups in total. The predicted octanol–water partition coefficient (Wildman–Crippen LogP) is 6.19. The highest BCUT2D eigenvalue weighted by Crippen LogP contribution is 2.45. The summed E-state index contributed by atoms with van der Waals surface area (Å²) >= 11 is 0. The fourth-order valence-electron chi connectivity index (χ4n) is 4.74. The summed E-state index contributed by atoms with van der Waals surface area (Å²) in [5.74, 6) is 0.0817. The van der Waals surface area contributed by atoms with Crippen molar-refractivity contribution >= 4 is 23.4 Å². The number of anilines is 1. The van der Waals surface area contributed by atoms with Crippen LogP contribution in [0, 0.1) is 5.41 Å². The lowest BCUT2D eigenvalue weighted by molar-refractivity contribution is 0.101. The molecule has 0 unspecified atom stereocenters. The van der Waals surface area contributed by atoms with Gasteiger partial charge in [0.1, 0.15) is 0 Å². The summed E-state index contributed by atoms with van der Waals surface area (Å²) in [5.41, 5.74) is 4.66. The maximum Gasteiger partial charge on any atom is 0.159 e. The lowest BCUT2D eigenvalue weighted by Crippen LogP contribution is -2.41. The molecule has 0 atom stereocenters. The van der Waals surface area contributed by atoms with Crippen LogP contribution in [0.5, 0.6) is 0 Å². The van der Waals surface area contributed by atoms with E-state index in [9.17, 15) is 4.79 Å². The molecule has 1 spiro atoms. The third-order valence-corrected chi connectivity index (χ3v) is 6.63. The molecular formula is C25H30N2O. The van der Waals surface area contributed by atoms with Crippen LogP contribution >= 0.6 is 0 Å². The van der Waals surface area contributed by atoms with Gasteiger partial charge in [0.05, 0.1) is 5.69 Å². The Kier molecular flexibility index (Phi) is 5.61. The van der Waals surface area contributed by atoms with Gasteiger partial charge >= 0.3 is 0 Å². The zero-order valence-electron chi connectivity index (χ0n) is 16.9. The second-order valence-corrected chi connectivity index (χ2v) is 8.50. The molecule has 1 heterocycles. The Hall–Kier alpha value is -2.42. The molecule has 2 fully saturated rings. The zero-order chi connectivity index (χ0) is 19.4. The van der Waals surface area contributed by atoms with Crippen LogP contribution in [-0.2, 0) is 0 Å². The summed E-state index contributed by atoms with van der Waals surface area (Å²) in [7, 11) is 0. The highest BCUT2D eigenvalue weighted by Gasteiger charge is 2.35. The first-order valence-electron chi connectivity index (χ1n) is 10.6. The van der Waals surface area contributed by atoms with Crippen molar-refractivity contribution in [3.8, 4) is 0 Å². The number of aliphatic imine (C=N–C) groups is 1. The van der Waals surface area contributed by atoms with Crippen molar-refractivity contribution < 1.29 is 4.79 Å². The van der Waals surface area contributed by atoms with Gasteiger partial charge in [-0.05, 0) is 80.0 Å². The van der Waals surface area contributed by atoms with Crippen LogP contribution in [0.2, 0.25) is 0 Å². The smallest absolute Gasteiger partial charge is 0.159 e. The Morgan fingerprint density at radius 2 is 1.54 bits per heavy atom. The minimum atomic E-state index is 0.0817. The molecule has 28 heavy (non-hydrogen) atoms. The first kappa shape index (κ1) is 18.9. The number of ketones is 1. The van der Waals surface area contributed by atoms with E-state index in [0.717, 1.165) is 16.8 Å². The van der Waals surface area contributed by atoms with Crippen LogP contribution in [0.15, 0.2) is 53.5 Å². The number of carbonyl (C=O) groups is 1. The van der Waals surface area contributed by atoms with Gasteiger partial charge in [0, 0.05) is 30.6 Å². The second kappa shape index (κ2) is 8.30. The van der Waals surface area contributed by atoms with Gasteiger partial charge in [0.15, 0.2) is 5.78 Å². The Balaban J connectivity index is 1.35. The summed E-state index contributed by atoms with van der Waals surface area (Å²) in [6.45, 7) is 3.96. The largest absolute Gasteiger partial charge is 0.371 e. The molecule has 1 aliphatic carbocycles. The average molecular weight is 375 g/mol. The molecule has 0 radical (unpaired) electrons. The Labute approximate surface area is 168 Å². The maximum atomic E-state index is 11.3. The summed E-state index contributed by atoms with van der Waals surface area (Å²) in [4.78, 5) is 18.4. The molecule has 3 heteroatoms. The van der Waals surface area contributed by atoms with Crippen LogP contribution in [0.4, 0.5) is 11.4 Å². The Morgan fingerprint density at radius 1 is 0.893 bits per heavy atom. The van der Waals surface area contributed by atoms with Crippen LogP contribution < -0.4 is 4.90 Å². The van der Waals surface area contributed by atoms with Crippen LogP contribution in [0.1, 0.15) is 67.8 Å². The molecule has 0 aromatic heterocycles. The van der Waals surface area contributed by atoms with Crippen molar-refractivity contribution in [2.24, 2.45) is 10.4 Å². The van der Waals surface area contributed by atoms with Gasteiger partial charge in [-0.2, -0.15) is 0 Å². The first-order chi connectivity index (χ1) is 13.6. The SMILES string of the molecule is CC(=O)c1ccc(N=Cc2ccc(N3CCC4(CCCCC4)CC3)cc2)cc1. The summed E-state index contributed by atoms with van der Waals surface area (Å²) < 4.78 is 0. The number of Topliss-reactive ketones (excluding diaryl/α,β-unsaturated/α-hetero) is 1. The van der Waals surface area contributed by atoms with Crippen molar-refractivity contribution in [3.63, 3.8) is 0 Å². The normalized spacial score (nSPS) is 19.2. The summed E-state index contributed by atoms with van der Waals surface area (Å²) in [6.07, 6.45) is 11.8. The van der Waals surface area contributed by atoms with Gasteiger partial charge in [-0.1, -0.05) is 31.4 Å². The van der Waals surface area contributed by atoms with Crippen LogP contribution in [0.3, 0.4) is 0 Å². The first-order valence-corrected chi connectivity index (χ1v) is 10.6. The van der Waals surface area contributed by atoms with E-state index in [1.807, 2.05) is 30.5 Å². The fraction of sp³-hybridized carbons (Fsp3) is 0.440. The lowest BCUT2D eigenvalue weighted by atomic mass is 9.68. The van der Waals surface area contributed by atoms with E-state index >= 15 is 0 Å². The highest BCUT2D eigenvalue weighted by atomic mass is 16.1. The van der Waals surface area contributed by atoms with Crippen molar-refractivity contribution in [3.05, 3.63) is 59.7 Å². The van der Waals surface area contributed by atoms with Gasteiger partial charge in [0.2, 0.25) is 0 Å². The standard InChI is InChI=1S/C25H30N2O/c1-20(28)22-7-9-23(10-8-22)26-19-21-5-11-24(12-6-21)27-17-15-25(16-18-27)13-3-2-4-14-25/h5-12,19H,2-4,13-18H2,1H3. The topological polar surface area (TPSA) is 32.7 Å². The van der Waals surface area contributed by atoms with E-state index in [0.29, 0.717) is 5.41 Å². The third kappa shape index (κ3) is 4.35. The minimum absolute atomic E-state index is 0.0817. The van der Waals surface area contributed by atoms with E-state index in [-0.39, 0.29) is 5.78 Å². The van der Waals surface area contributed by atoms with E-state index in [1.165, 1.54) is 63.7 Å². The van der Waals surface area contributed by atoms with Gasteiger partial charge in [0.25, 0.3) is 0 Å². The molecule has 2 aromatic rings. The number of piperidine rings is 1. The number of rotatable bonds is 4. The molecule has 1 aliphatic heterocycles. The molecule has 2 aromatic carbocycles. The van der Waals surface area contributed by atoms with Crippen molar-refractivity contribution in [2.45, 2.75) is 51.9 Å². The fourth-order valence-corrected chi connectivity index (χ4v) is 4.74. The van der Waals surface area contributed by atoms with Crippen molar-refractivity contribution in [2.75, 3.05) is 18.0 Å². The molecule has 2 aliphatic rings. The monoisotopic (exact) mass is 374 g/mol. The summed E-state index contributed by atoms with van der Waals surface area (Å²) in [6, 6.07) is 16.2. The van der Waals surface area contributed by atoms with Crippen LogP contribution in [-0.4, -0.2) is 25.1 Å². The maximum absolute atomic E-state index is 11.3.